The van der Waals surface area contributed by atoms with Crippen LogP contribution < -0.4 is 10.6 Å². The quantitative estimate of drug-likeness (QED) is 0.381. The second-order valence-electron chi connectivity index (χ2n) is 7.74. The zero-order valence-corrected chi connectivity index (χ0v) is 19.5. The zero-order valence-electron chi connectivity index (χ0n) is 17.2. The van der Waals surface area contributed by atoms with Crippen LogP contribution in [0.25, 0.3) is 0 Å². The van der Waals surface area contributed by atoms with Gasteiger partial charge in [0.05, 0.1) is 6.54 Å². The van der Waals surface area contributed by atoms with E-state index in [9.17, 15) is 4.79 Å². The standard InChI is InChI=1S/C20H33N5O.HI/c1-15-9-16(2)13-25(12-15)20(21-3)22-11-17-7-6-8-18(10-17)23-19(26)14-24(4)5;/h6-8,10,15-16H,9,11-14H2,1-5H3,(H,21,22)(H,23,26);1H. The summed E-state index contributed by atoms with van der Waals surface area (Å²) in [5, 5.41) is 6.41. The summed E-state index contributed by atoms with van der Waals surface area (Å²) < 4.78 is 0. The summed E-state index contributed by atoms with van der Waals surface area (Å²) in [5.74, 6) is 2.32. The Bertz CT molecular complexity index is 625. The van der Waals surface area contributed by atoms with Gasteiger partial charge in [0, 0.05) is 32.4 Å². The molecule has 27 heavy (non-hydrogen) atoms. The predicted molar refractivity (Wildman–Crippen MR) is 124 cm³/mol. The summed E-state index contributed by atoms with van der Waals surface area (Å²) in [6.45, 7) is 7.75. The lowest BCUT2D eigenvalue weighted by Gasteiger charge is -2.37. The van der Waals surface area contributed by atoms with Crippen LogP contribution in [0.2, 0.25) is 0 Å². The second-order valence-corrected chi connectivity index (χ2v) is 7.74. The van der Waals surface area contributed by atoms with E-state index in [1.165, 1.54) is 6.42 Å². The molecule has 0 bridgehead atoms. The van der Waals surface area contributed by atoms with Gasteiger partial charge in [-0.2, -0.15) is 0 Å². The first-order valence-corrected chi connectivity index (χ1v) is 9.36. The largest absolute Gasteiger partial charge is 0.352 e. The first kappa shape index (κ1) is 23.7. The van der Waals surface area contributed by atoms with Gasteiger partial charge in [0.25, 0.3) is 0 Å². The van der Waals surface area contributed by atoms with Crippen LogP contribution in [0.3, 0.4) is 0 Å². The number of nitrogens with zero attached hydrogens (tertiary/aromatic N) is 3. The molecule has 2 rings (SSSR count). The normalized spacial score (nSPS) is 20.2. The van der Waals surface area contributed by atoms with Crippen LogP contribution in [-0.2, 0) is 11.3 Å². The van der Waals surface area contributed by atoms with Gasteiger partial charge in [-0.1, -0.05) is 26.0 Å². The number of rotatable bonds is 5. The van der Waals surface area contributed by atoms with Gasteiger partial charge in [0.15, 0.2) is 5.96 Å². The Hall–Kier alpha value is -1.35. The number of hydrogen-bond donors (Lipinski definition) is 2. The van der Waals surface area contributed by atoms with Crippen molar-refractivity contribution in [2.24, 2.45) is 16.8 Å². The third kappa shape index (κ3) is 8.04. The Morgan fingerprint density at radius 2 is 1.93 bits per heavy atom. The highest BCUT2D eigenvalue weighted by molar-refractivity contribution is 14.0. The molecule has 1 heterocycles. The number of benzene rings is 1. The maximum atomic E-state index is 11.9. The van der Waals surface area contributed by atoms with E-state index in [4.69, 9.17) is 0 Å². The number of hydrogen-bond acceptors (Lipinski definition) is 3. The number of likely N-dealkylation sites (N-methyl/N-ethyl adjacent to an activating group) is 1. The summed E-state index contributed by atoms with van der Waals surface area (Å²) >= 11 is 0. The first-order valence-electron chi connectivity index (χ1n) is 9.36. The van der Waals surface area contributed by atoms with Crippen molar-refractivity contribution in [3.63, 3.8) is 0 Å². The van der Waals surface area contributed by atoms with Gasteiger partial charge >= 0.3 is 0 Å². The number of guanidine groups is 1. The summed E-state index contributed by atoms with van der Waals surface area (Å²) in [6.07, 6.45) is 1.28. The number of anilines is 1. The van der Waals surface area contributed by atoms with Crippen molar-refractivity contribution in [3.8, 4) is 0 Å². The molecule has 152 valence electrons. The Balaban J connectivity index is 0.00000364. The first-order chi connectivity index (χ1) is 12.4. The highest BCUT2D eigenvalue weighted by Gasteiger charge is 2.23. The van der Waals surface area contributed by atoms with Crippen molar-refractivity contribution in [1.29, 1.82) is 0 Å². The molecule has 2 N–H and O–H groups in total. The molecule has 1 aliphatic heterocycles. The third-order valence-corrected chi connectivity index (χ3v) is 4.50. The van der Waals surface area contributed by atoms with Crippen LogP contribution >= 0.6 is 24.0 Å². The number of nitrogens with one attached hydrogen (secondary N) is 2. The molecule has 0 spiro atoms. The Morgan fingerprint density at radius 3 is 2.52 bits per heavy atom. The number of carbonyl (C=O) groups excluding carboxylic acids is 1. The smallest absolute Gasteiger partial charge is 0.238 e. The van der Waals surface area contributed by atoms with Gasteiger partial charge in [-0.15, -0.1) is 24.0 Å². The Kier molecular flexibility index (Phi) is 10.1. The van der Waals surface area contributed by atoms with Gasteiger partial charge < -0.3 is 20.4 Å². The topological polar surface area (TPSA) is 60.0 Å². The predicted octanol–water partition coefficient (Wildman–Crippen LogP) is 2.86. The average Bonchev–Trinajstić information content (AvgIpc) is 2.54. The molecule has 2 unspecified atom stereocenters. The van der Waals surface area contributed by atoms with E-state index in [0.29, 0.717) is 24.9 Å². The fraction of sp³-hybridized carbons (Fsp3) is 0.600. The van der Waals surface area contributed by atoms with Crippen LogP contribution in [0.5, 0.6) is 0 Å². The highest BCUT2D eigenvalue weighted by Crippen LogP contribution is 2.21. The van der Waals surface area contributed by atoms with Gasteiger partial charge in [0.1, 0.15) is 0 Å². The van der Waals surface area contributed by atoms with Crippen molar-refractivity contribution in [1.82, 2.24) is 15.1 Å². The SMILES string of the molecule is CN=C(NCc1cccc(NC(=O)CN(C)C)c1)N1CC(C)CC(C)C1.I. The molecule has 1 aromatic carbocycles. The lowest BCUT2D eigenvalue weighted by Crippen LogP contribution is -2.48. The van der Waals surface area contributed by atoms with Crippen LogP contribution in [-0.4, -0.2) is 62.4 Å². The van der Waals surface area contributed by atoms with Gasteiger partial charge in [-0.25, -0.2) is 0 Å². The number of carbonyl (C=O) groups is 1. The minimum atomic E-state index is -0.00721. The van der Waals surface area contributed by atoms with Gasteiger partial charge in [-0.05, 0) is 50.0 Å². The monoisotopic (exact) mass is 487 g/mol. The minimum Gasteiger partial charge on any atom is -0.352 e. The van der Waals surface area contributed by atoms with Crippen molar-refractivity contribution >= 4 is 41.5 Å². The number of likely N-dealkylation sites (tertiary alicyclic amines) is 1. The van der Waals surface area contributed by atoms with Crippen LogP contribution in [0, 0.1) is 11.8 Å². The average molecular weight is 487 g/mol. The summed E-state index contributed by atoms with van der Waals surface area (Å²) in [6, 6.07) is 7.95. The molecule has 1 fully saturated rings. The van der Waals surface area contributed by atoms with Gasteiger partial charge in [-0.3, -0.25) is 9.79 Å². The number of amides is 1. The minimum absolute atomic E-state index is 0. The van der Waals surface area contributed by atoms with E-state index in [2.05, 4.69) is 40.4 Å². The van der Waals surface area contributed by atoms with Gasteiger partial charge in [0.2, 0.25) is 5.91 Å². The van der Waals surface area contributed by atoms with E-state index in [0.717, 1.165) is 30.3 Å². The maximum Gasteiger partial charge on any atom is 0.238 e. The number of aliphatic imine (C=N–C) groups is 1. The van der Waals surface area contributed by atoms with Crippen LogP contribution in [0.4, 0.5) is 5.69 Å². The van der Waals surface area contributed by atoms with Crippen molar-refractivity contribution < 1.29 is 4.79 Å². The fourth-order valence-corrected chi connectivity index (χ4v) is 3.60. The van der Waals surface area contributed by atoms with Crippen molar-refractivity contribution in [3.05, 3.63) is 29.8 Å². The van der Waals surface area contributed by atoms with Crippen LogP contribution in [0.15, 0.2) is 29.3 Å². The van der Waals surface area contributed by atoms with Crippen LogP contribution in [0.1, 0.15) is 25.8 Å². The van der Waals surface area contributed by atoms with E-state index in [1.54, 1.807) is 0 Å². The molecule has 7 heteroatoms. The molecular weight excluding hydrogens is 453 g/mol. The molecule has 1 aromatic rings. The molecule has 0 saturated carbocycles. The zero-order chi connectivity index (χ0) is 19.1. The molecule has 1 amide bonds. The Labute approximate surface area is 180 Å². The summed E-state index contributed by atoms with van der Waals surface area (Å²) in [5.41, 5.74) is 1.94. The van der Waals surface area contributed by atoms with E-state index < -0.39 is 0 Å². The molecule has 0 aromatic heterocycles. The molecule has 6 nitrogen and oxygen atoms in total. The lowest BCUT2D eigenvalue weighted by molar-refractivity contribution is -0.116. The van der Waals surface area contributed by atoms with Crippen molar-refractivity contribution in [2.45, 2.75) is 26.8 Å². The molecule has 2 atom stereocenters. The highest BCUT2D eigenvalue weighted by atomic mass is 127. The molecule has 0 aliphatic carbocycles. The summed E-state index contributed by atoms with van der Waals surface area (Å²) in [4.78, 5) is 20.6. The third-order valence-electron chi connectivity index (χ3n) is 4.50. The maximum absolute atomic E-state index is 11.9. The summed E-state index contributed by atoms with van der Waals surface area (Å²) in [7, 11) is 5.60. The fourth-order valence-electron chi connectivity index (χ4n) is 3.60. The van der Waals surface area contributed by atoms with E-state index in [1.807, 2.05) is 44.2 Å². The van der Waals surface area contributed by atoms with E-state index in [-0.39, 0.29) is 29.9 Å². The molecule has 1 aliphatic rings. The number of halogens is 1. The second kappa shape index (κ2) is 11.5. The Morgan fingerprint density at radius 1 is 1.26 bits per heavy atom. The van der Waals surface area contributed by atoms with E-state index >= 15 is 0 Å². The molecule has 0 radical (unpaired) electrons. The molecule has 1 saturated heterocycles. The molecular formula is C20H34IN5O. The van der Waals surface area contributed by atoms with Crippen molar-refractivity contribution in [2.75, 3.05) is 46.1 Å². The number of piperidine rings is 1. The lowest BCUT2D eigenvalue weighted by atomic mass is 9.92.